The number of amides is 1. The fraction of sp³-hybridized carbons (Fsp3) is 0.174. The second-order valence-electron chi connectivity index (χ2n) is 6.71. The van der Waals surface area contributed by atoms with Gasteiger partial charge in [0.15, 0.2) is 11.5 Å². The fourth-order valence-electron chi connectivity index (χ4n) is 3.11. The van der Waals surface area contributed by atoms with E-state index in [0.29, 0.717) is 5.69 Å². The van der Waals surface area contributed by atoms with Crippen LogP contribution in [0, 0.1) is 6.92 Å². The van der Waals surface area contributed by atoms with Crippen LogP contribution >= 0.6 is 0 Å². The lowest BCUT2D eigenvalue weighted by atomic mass is 10.2. The molecule has 0 atom stereocenters. The molecular weight excluding hydrogens is 416 g/mol. The highest BCUT2D eigenvalue weighted by Gasteiger charge is 2.29. The number of sulfone groups is 1. The summed E-state index contributed by atoms with van der Waals surface area (Å²) in [6, 6.07) is 18.6. The molecule has 0 saturated heterocycles. The third-order valence-corrected chi connectivity index (χ3v) is 6.52. The molecule has 0 bridgehead atoms. The first-order chi connectivity index (χ1) is 14.9. The van der Waals surface area contributed by atoms with Crippen LogP contribution in [0.3, 0.4) is 0 Å². The number of ether oxygens (including phenoxy) is 2. The third kappa shape index (κ3) is 4.80. The Morgan fingerprint density at radius 2 is 1.55 bits per heavy atom. The smallest absolute Gasteiger partial charge is 0.243 e. The molecule has 0 heterocycles. The summed E-state index contributed by atoms with van der Waals surface area (Å²) in [5, 5.41) is 5.74. The van der Waals surface area contributed by atoms with Crippen molar-refractivity contribution in [3.8, 4) is 11.5 Å². The van der Waals surface area contributed by atoms with Gasteiger partial charge in [-0.1, -0.05) is 36.4 Å². The van der Waals surface area contributed by atoms with Crippen molar-refractivity contribution in [1.29, 1.82) is 0 Å². The molecule has 0 radical (unpaired) electrons. The normalized spacial score (nSPS) is 10.9. The minimum absolute atomic E-state index is 0.0654. The largest absolute Gasteiger partial charge is 0.493 e. The van der Waals surface area contributed by atoms with Crippen LogP contribution in [0.4, 0.5) is 11.4 Å². The number of para-hydroxylation sites is 1. The van der Waals surface area contributed by atoms with Gasteiger partial charge in [0.25, 0.3) is 0 Å². The number of carbonyl (C=O) groups excluding carboxylic acids is 1. The summed E-state index contributed by atoms with van der Waals surface area (Å²) >= 11 is 0. The molecule has 162 valence electrons. The van der Waals surface area contributed by atoms with E-state index in [2.05, 4.69) is 10.6 Å². The molecule has 1 amide bonds. The maximum atomic E-state index is 13.4. The maximum Gasteiger partial charge on any atom is 0.243 e. The Hall–Kier alpha value is -3.52. The molecule has 0 aliphatic carbocycles. The summed E-state index contributed by atoms with van der Waals surface area (Å²) in [5.41, 5.74) is 1.86. The van der Waals surface area contributed by atoms with Crippen molar-refractivity contribution in [1.82, 2.24) is 0 Å². The number of nitrogens with one attached hydrogen (secondary N) is 2. The van der Waals surface area contributed by atoms with E-state index in [-0.39, 0.29) is 39.4 Å². The lowest BCUT2D eigenvalue weighted by Gasteiger charge is -2.18. The predicted molar refractivity (Wildman–Crippen MR) is 120 cm³/mol. The zero-order valence-electron chi connectivity index (χ0n) is 17.5. The molecule has 3 rings (SSSR count). The van der Waals surface area contributed by atoms with Gasteiger partial charge in [0.05, 0.1) is 31.3 Å². The van der Waals surface area contributed by atoms with Gasteiger partial charge >= 0.3 is 0 Å². The average Bonchev–Trinajstić information content (AvgIpc) is 2.79. The first-order valence-corrected chi connectivity index (χ1v) is 11.0. The number of rotatable bonds is 8. The van der Waals surface area contributed by atoms with Gasteiger partial charge < -0.3 is 20.1 Å². The van der Waals surface area contributed by atoms with E-state index in [1.165, 1.54) is 26.4 Å². The van der Waals surface area contributed by atoms with E-state index in [1.54, 1.807) is 36.4 Å². The minimum atomic E-state index is -3.96. The number of hydrogen-bond acceptors (Lipinski definition) is 6. The highest BCUT2D eigenvalue weighted by molar-refractivity contribution is 7.91. The van der Waals surface area contributed by atoms with Crippen molar-refractivity contribution in [3.63, 3.8) is 0 Å². The van der Waals surface area contributed by atoms with E-state index in [0.717, 1.165) is 5.56 Å². The van der Waals surface area contributed by atoms with E-state index < -0.39 is 9.84 Å². The van der Waals surface area contributed by atoms with Crippen LogP contribution in [0.2, 0.25) is 0 Å². The van der Waals surface area contributed by atoms with Crippen molar-refractivity contribution in [2.45, 2.75) is 16.7 Å². The molecule has 0 aliphatic heterocycles. The maximum absolute atomic E-state index is 13.4. The molecule has 2 N–H and O–H groups in total. The van der Waals surface area contributed by atoms with Crippen molar-refractivity contribution >= 4 is 27.1 Å². The second kappa shape index (κ2) is 9.53. The van der Waals surface area contributed by atoms with Crippen LogP contribution in [-0.4, -0.2) is 35.1 Å². The van der Waals surface area contributed by atoms with Gasteiger partial charge in [-0.3, -0.25) is 4.79 Å². The Labute approximate surface area is 181 Å². The Morgan fingerprint density at radius 1 is 0.871 bits per heavy atom. The topological polar surface area (TPSA) is 93.7 Å². The molecule has 3 aromatic rings. The minimum Gasteiger partial charge on any atom is -0.493 e. The zero-order valence-corrected chi connectivity index (χ0v) is 18.3. The van der Waals surface area contributed by atoms with Crippen molar-refractivity contribution in [2.24, 2.45) is 0 Å². The first kappa shape index (κ1) is 22.2. The summed E-state index contributed by atoms with van der Waals surface area (Å²) in [6.07, 6.45) is 0. The fourth-order valence-corrected chi connectivity index (χ4v) is 4.71. The first-order valence-electron chi connectivity index (χ1n) is 9.53. The van der Waals surface area contributed by atoms with Crippen LogP contribution in [0.15, 0.2) is 76.5 Å². The standard InChI is InChI=1S/C23H24N2O5S/c1-16-9-7-8-12-18(16)25-21(26)15-24-19-13-14-20(29-2)22(30-3)23(19)31(27,28)17-10-5-4-6-11-17/h4-14,24H,15H2,1-3H3,(H,25,26). The van der Waals surface area contributed by atoms with Crippen LogP contribution < -0.4 is 20.1 Å². The molecule has 0 fully saturated rings. The number of aryl methyl sites for hydroxylation is 1. The molecule has 0 saturated carbocycles. The Morgan fingerprint density at radius 3 is 2.19 bits per heavy atom. The van der Waals surface area contributed by atoms with Gasteiger partial charge in [-0.25, -0.2) is 8.42 Å². The lowest BCUT2D eigenvalue weighted by molar-refractivity contribution is -0.114. The molecule has 0 aliphatic rings. The SMILES string of the molecule is COc1ccc(NCC(=O)Nc2ccccc2C)c(S(=O)(=O)c2ccccc2)c1OC. The van der Waals surface area contributed by atoms with E-state index in [4.69, 9.17) is 9.47 Å². The second-order valence-corrected chi connectivity index (χ2v) is 8.60. The molecule has 3 aromatic carbocycles. The average molecular weight is 441 g/mol. The molecule has 0 unspecified atom stereocenters. The van der Waals surface area contributed by atoms with Gasteiger partial charge in [-0.05, 0) is 42.8 Å². The molecule has 31 heavy (non-hydrogen) atoms. The van der Waals surface area contributed by atoms with E-state index in [1.807, 2.05) is 25.1 Å². The number of hydrogen-bond donors (Lipinski definition) is 2. The molecule has 7 nitrogen and oxygen atoms in total. The summed E-state index contributed by atoms with van der Waals surface area (Å²) in [6.45, 7) is 1.75. The Balaban J connectivity index is 1.95. The number of benzene rings is 3. The van der Waals surface area contributed by atoms with E-state index >= 15 is 0 Å². The quantitative estimate of drug-likeness (QED) is 0.552. The van der Waals surface area contributed by atoms with Crippen LogP contribution in [0.25, 0.3) is 0 Å². The summed E-state index contributed by atoms with van der Waals surface area (Å²) in [5.74, 6) is 0.0229. The Bertz CT molecular complexity index is 1180. The molecule has 0 spiro atoms. The zero-order chi connectivity index (χ0) is 22.4. The number of carbonyl (C=O) groups is 1. The summed E-state index contributed by atoms with van der Waals surface area (Å²) < 4.78 is 37.5. The summed E-state index contributed by atoms with van der Waals surface area (Å²) in [7, 11) is -1.16. The highest BCUT2D eigenvalue weighted by Crippen LogP contribution is 2.42. The van der Waals surface area contributed by atoms with Crippen molar-refractivity contribution < 1.29 is 22.7 Å². The van der Waals surface area contributed by atoms with Gasteiger partial charge in [-0.15, -0.1) is 0 Å². The monoisotopic (exact) mass is 440 g/mol. The molecular formula is C23H24N2O5S. The Kier molecular flexibility index (Phi) is 6.81. The number of anilines is 2. The van der Waals surface area contributed by atoms with Crippen molar-refractivity contribution in [2.75, 3.05) is 31.4 Å². The van der Waals surface area contributed by atoms with Crippen molar-refractivity contribution in [3.05, 3.63) is 72.3 Å². The summed E-state index contributed by atoms with van der Waals surface area (Å²) in [4.78, 5) is 12.5. The predicted octanol–water partition coefficient (Wildman–Crippen LogP) is 3.90. The lowest BCUT2D eigenvalue weighted by Crippen LogP contribution is -2.23. The number of methoxy groups -OCH3 is 2. The molecule has 8 heteroatoms. The third-order valence-electron chi connectivity index (χ3n) is 4.68. The van der Waals surface area contributed by atoms with Gasteiger partial charge in [0, 0.05) is 5.69 Å². The highest BCUT2D eigenvalue weighted by atomic mass is 32.2. The van der Waals surface area contributed by atoms with Gasteiger partial charge in [0.1, 0.15) is 4.90 Å². The van der Waals surface area contributed by atoms with Crippen LogP contribution in [-0.2, 0) is 14.6 Å². The van der Waals surface area contributed by atoms with Gasteiger partial charge in [-0.2, -0.15) is 0 Å². The van der Waals surface area contributed by atoms with Crippen LogP contribution in [0.1, 0.15) is 5.56 Å². The van der Waals surface area contributed by atoms with Crippen LogP contribution in [0.5, 0.6) is 11.5 Å². The van der Waals surface area contributed by atoms with Gasteiger partial charge in [0.2, 0.25) is 15.7 Å². The molecule has 0 aromatic heterocycles. The van der Waals surface area contributed by atoms with E-state index in [9.17, 15) is 13.2 Å².